The van der Waals surface area contributed by atoms with Gasteiger partial charge in [0.2, 0.25) is 0 Å². The molecule has 0 saturated carbocycles. The van der Waals surface area contributed by atoms with Gasteiger partial charge >= 0.3 is 0 Å². The van der Waals surface area contributed by atoms with Gasteiger partial charge < -0.3 is 4.74 Å². The van der Waals surface area contributed by atoms with E-state index in [0.717, 1.165) is 37.9 Å². The second-order valence-corrected chi connectivity index (χ2v) is 3.29. The molecule has 0 amide bonds. The van der Waals surface area contributed by atoms with E-state index in [1.807, 2.05) is 18.1 Å². The maximum Gasteiger partial charge on any atom is 0.127 e. The molecule has 0 N–H and O–H groups in total. The van der Waals surface area contributed by atoms with Crippen LogP contribution in [-0.2, 0) is 9.53 Å². The zero-order valence-corrected chi connectivity index (χ0v) is 8.08. The van der Waals surface area contributed by atoms with E-state index < -0.39 is 0 Å². The molecule has 1 rings (SSSR count). The first kappa shape index (κ1) is 10.2. The molecule has 1 atom stereocenters. The summed E-state index contributed by atoms with van der Waals surface area (Å²) in [5.41, 5.74) is 0.760. The van der Waals surface area contributed by atoms with Gasteiger partial charge in [-0.15, -0.1) is 0 Å². The van der Waals surface area contributed by atoms with Gasteiger partial charge in [0.1, 0.15) is 5.94 Å². The molecule has 0 radical (unpaired) electrons. The van der Waals surface area contributed by atoms with Crippen LogP contribution in [-0.4, -0.2) is 18.7 Å². The summed E-state index contributed by atoms with van der Waals surface area (Å²) in [5.74, 6) is 1.92. The van der Waals surface area contributed by atoms with Crippen molar-refractivity contribution in [2.45, 2.75) is 38.7 Å². The minimum Gasteiger partial charge on any atom is -0.374 e. The quantitative estimate of drug-likeness (QED) is 0.490. The van der Waals surface area contributed by atoms with Gasteiger partial charge in [0.05, 0.1) is 6.10 Å². The summed E-state index contributed by atoms with van der Waals surface area (Å²) in [4.78, 5) is 10.3. The SMILES string of the molecule is CCCCOC1C=CC(=C=O)CC1. The summed E-state index contributed by atoms with van der Waals surface area (Å²) >= 11 is 0. The van der Waals surface area contributed by atoms with Gasteiger partial charge in [0, 0.05) is 12.2 Å². The first-order chi connectivity index (χ1) is 6.36. The Kier molecular flexibility index (Phi) is 4.52. The van der Waals surface area contributed by atoms with Crippen LogP contribution in [0.25, 0.3) is 0 Å². The van der Waals surface area contributed by atoms with Crippen LogP contribution in [0.5, 0.6) is 0 Å². The van der Waals surface area contributed by atoms with Crippen molar-refractivity contribution in [2.75, 3.05) is 6.61 Å². The Hall–Kier alpha value is -0.850. The van der Waals surface area contributed by atoms with Crippen molar-refractivity contribution in [3.05, 3.63) is 17.7 Å². The first-order valence-electron chi connectivity index (χ1n) is 4.90. The van der Waals surface area contributed by atoms with Crippen LogP contribution in [0.2, 0.25) is 0 Å². The average molecular weight is 180 g/mol. The Morgan fingerprint density at radius 3 is 3.08 bits per heavy atom. The highest BCUT2D eigenvalue weighted by Gasteiger charge is 2.11. The van der Waals surface area contributed by atoms with E-state index in [0.29, 0.717) is 0 Å². The van der Waals surface area contributed by atoms with Crippen molar-refractivity contribution in [3.63, 3.8) is 0 Å². The molecule has 0 bridgehead atoms. The van der Waals surface area contributed by atoms with E-state index >= 15 is 0 Å². The molecule has 72 valence electrons. The molecule has 2 heteroatoms. The van der Waals surface area contributed by atoms with Crippen LogP contribution in [0, 0.1) is 0 Å². The Morgan fingerprint density at radius 1 is 1.69 bits per heavy atom. The van der Waals surface area contributed by atoms with Gasteiger partial charge in [0.25, 0.3) is 0 Å². The standard InChI is InChI=1S/C11H16O2/c1-2-3-8-13-11-6-4-10(9-12)5-7-11/h4,6,11H,2-3,5,7-8H2,1H3. The summed E-state index contributed by atoms with van der Waals surface area (Å²) in [6.07, 6.45) is 7.99. The number of carbonyl (C=O) groups excluding carboxylic acids is 1. The number of rotatable bonds is 4. The van der Waals surface area contributed by atoms with Crippen molar-refractivity contribution in [1.82, 2.24) is 0 Å². The maximum absolute atomic E-state index is 10.3. The predicted molar refractivity (Wildman–Crippen MR) is 52.2 cm³/mol. The third-order valence-electron chi connectivity index (χ3n) is 2.17. The lowest BCUT2D eigenvalue weighted by molar-refractivity contribution is 0.0759. The van der Waals surface area contributed by atoms with Gasteiger partial charge in [-0.05, 0) is 25.3 Å². The number of allylic oxidation sites excluding steroid dienone is 2. The third-order valence-corrected chi connectivity index (χ3v) is 2.17. The fraction of sp³-hybridized carbons (Fsp3) is 0.636. The number of hydrogen-bond donors (Lipinski definition) is 0. The molecule has 0 aromatic carbocycles. The molecule has 0 aromatic rings. The van der Waals surface area contributed by atoms with E-state index in [4.69, 9.17) is 4.74 Å². The molecule has 1 aliphatic rings. The predicted octanol–water partition coefficient (Wildman–Crippen LogP) is 2.28. The molecule has 1 aliphatic carbocycles. The monoisotopic (exact) mass is 180 g/mol. The van der Waals surface area contributed by atoms with Crippen molar-refractivity contribution < 1.29 is 9.53 Å². The second kappa shape index (κ2) is 5.74. The molecular weight excluding hydrogens is 164 g/mol. The fourth-order valence-electron chi connectivity index (χ4n) is 1.30. The average Bonchev–Trinajstić information content (AvgIpc) is 2.19. The Labute approximate surface area is 79.3 Å². The van der Waals surface area contributed by atoms with Crippen molar-refractivity contribution in [1.29, 1.82) is 0 Å². The van der Waals surface area contributed by atoms with Crippen molar-refractivity contribution in [2.24, 2.45) is 0 Å². The second-order valence-electron chi connectivity index (χ2n) is 3.29. The highest BCUT2D eigenvalue weighted by molar-refractivity contribution is 5.57. The lowest BCUT2D eigenvalue weighted by Gasteiger charge is -2.17. The Balaban J connectivity index is 2.27. The summed E-state index contributed by atoms with van der Waals surface area (Å²) < 4.78 is 5.59. The number of hydrogen-bond acceptors (Lipinski definition) is 2. The maximum atomic E-state index is 10.3. The summed E-state index contributed by atoms with van der Waals surface area (Å²) in [5, 5.41) is 0. The van der Waals surface area contributed by atoms with E-state index in [9.17, 15) is 4.79 Å². The van der Waals surface area contributed by atoms with E-state index in [1.165, 1.54) is 0 Å². The zero-order chi connectivity index (χ0) is 9.52. The highest BCUT2D eigenvalue weighted by Crippen LogP contribution is 2.16. The number of unbranched alkanes of at least 4 members (excludes halogenated alkanes) is 1. The van der Waals surface area contributed by atoms with Crippen LogP contribution in [0.3, 0.4) is 0 Å². The molecule has 13 heavy (non-hydrogen) atoms. The minimum atomic E-state index is 0.212. The lowest BCUT2D eigenvalue weighted by Crippen LogP contribution is -2.14. The topological polar surface area (TPSA) is 26.3 Å². The molecule has 0 fully saturated rings. The third kappa shape index (κ3) is 3.58. The van der Waals surface area contributed by atoms with Gasteiger partial charge in [-0.25, -0.2) is 4.79 Å². The van der Waals surface area contributed by atoms with E-state index in [1.54, 1.807) is 0 Å². The van der Waals surface area contributed by atoms with Gasteiger partial charge in [-0.1, -0.05) is 19.4 Å². The van der Waals surface area contributed by atoms with Crippen LogP contribution in [0.15, 0.2) is 17.7 Å². The van der Waals surface area contributed by atoms with Crippen LogP contribution >= 0.6 is 0 Å². The van der Waals surface area contributed by atoms with Crippen molar-refractivity contribution in [3.8, 4) is 0 Å². The van der Waals surface area contributed by atoms with Crippen LogP contribution in [0.4, 0.5) is 0 Å². The summed E-state index contributed by atoms with van der Waals surface area (Å²) in [6.45, 7) is 2.97. The lowest BCUT2D eigenvalue weighted by atomic mass is 10.0. The van der Waals surface area contributed by atoms with E-state index in [2.05, 4.69) is 6.92 Å². The molecule has 1 unspecified atom stereocenters. The first-order valence-corrected chi connectivity index (χ1v) is 4.90. The largest absolute Gasteiger partial charge is 0.374 e. The highest BCUT2D eigenvalue weighted by atomic mass is 16.5. The van der Waals surface area contributed by atoms with Crippen LogP contribution in [0.1, 0.15) is 32.6 Å². The molecule has 0 saturated heterocycles. The zero-order valence-electron chi connectivity index (χ0n) is 8.08. The smallest absolute Gasteiger partial charge is 0.127 e. The fourth-order valence-corrected chi connectivity index (χ4v) is 1.30. The Morgan fingerprint density at radius 2 is 2.54 bits per heavy atom. The Bertz CT molecular complexity index is 224. The normalized spacial score (nSPS) is 21.6. The van der Waals surface area contributed by atoms with Crippen molar-refractivity contribution >= 4 is 5.94 Å². The molecular formula is C11H16O2. The van der Waals surface area contributed by atoms with Crippen LogP contribution < -0.4 is 0 Å². The summed E-state index contributed by atoms with van der Waals surface area (Å²) in [6, 6.07) is 0. The number of ether oxygens (including phenoxy) is 1. The minimum absolute atomic E-state index is 0.212. The van der Waals surface area contributed by atoms with Gasteiger partial charge in [0.15, 0.2) is 0 Å². The van der Waals surface area contributed by atoms with Gasteiger partial charge in [-0.2, -0.15) is 0 Å². The molecule has 0 heterocycles. The molecule has 0 aliphatic heterocycles. The van der Waals surface area contributed by atoms with E-state index in [-0.39, 0.29) is 6.10 Å². The molecule has 0 aromatic heterocycles. The van der Waals surface area contributed by atoms with Gasteiger partial charge in [-0.3, -0.25) is 0 Å². The summed E-state index contributed by atoms with van der Waals surface area (Å²) in [7, 11) is 0. The molecule has 0 spiro atoms. The molecule has 2 nitrogen and oxygen atoms in total.